The van der Waals surface area contributed by atoms with E-state index in [0.717, 1.165) is 25.7 Å². The maximum absolute atomic E-state index is 13.5. The molecule has 1 saturated carbocycles. The van der Waals surface area contributed by atoms with Gasteiger partial charge in [-0.15, -0.1) is 4.89 Å². The standard InChI is InChI=1S/C15H17F3O4/c16-14(17,18)15(19-12-8-4-3-5-9-12)20-13(21-22-15)10-6-1-2-7-11-13/h3-5,8-9H,1-2,6-7,10-11H2. The Hall–Kier alpha value is -1.31. The van der Waals surface area contributed by atoms with Crippen molar-refractivity contribution in [1.82, 2.24) is 0 Å². The molecule has 0 N–H and O–H groups in total. The van der Waals surface area contributed by atoms with Crippen LogP contribution >= 0.6 is 0 Å². The van der Waals surface area contributed by atoms with E-state index in [2.05, 4.69) is 4.89 Å². The van der Waals surface area contributed by atoms with Crippen molar-refractivity contribution in [3.63, 3.8) is 0 Å². The zero-order chi connectivity index (χ0) is 15.7. The molecule has 2 aliphatic rings. The Morgan fingerprint density at radius 2 is 1.55 bits per heavy atom. The molecule has 1 unspecified atom stereocenters. The van der Waals surface area contributed by atoms with E-state index < -0.39 is 17.9 Å². The minimum Gasteiger partial charge on any atom is -0.431 e. The quantitative estimate of drug-likeness (QED) is 0.761. The molecule has 1 heterocycles. The molecular weight excluding hydrogens is 301 g/mol. The Bertz CT molecular complexity index is 497. The average Bonchev–Trinajstić information content (AvgIpc) is 2.68. The van der Waals surface area contributed by atoms with Crippen LogP contribution in [0, 0.1) is 0 Å². The minimum atomic E-state index is -4.89. The van der Waals surface area contributed by atoms with Gasteiger partial charge in [0.25, 0.3) is 0 Å². The Morgan fingerprint density at radius 3 is 2.14 bits per heavy atom. The number of halogens is 3. The second-order valence-corrected chi connectivity index (χ2v) is 5.56. The smallest absolute Gasteiger partial charge is 0.431 e. The Morgan fingerprint density at radius 1 is 0.909 bits per heavy atom. The number of hydrogen-bond donors (Lipinski definition) is 0. The van der Waals surface area contributed by atoms with Crippen LogP contribution in [0.25, 0.3) is 0 Å². The molecule has 22 heavy (non-hydrogen) atoms. The molecule has 1 aliphatic carbocycles. The number of hydrogen-bond acceptors (Lipinski definition) is 4. The summed E-state index contributed by atoms with van der Waals surface area (Å²) >= 11 is 0. The van der Waals surface area contributed by atoms with E-state index in [0.29, 0.717) is 12.8 Å². The van der Waals surface area contributed by atoms with Crippen molar-refractivity contribution >= 4 is 0 Å². The van der Waals surface area contributed by atoms with Gasteiger partial charge in [0.1, 0.15) is 5.75 Å². The summed E-state index contributed by atoms with van der Waals surface area (Å²) in [5.41, 5.74) is 0. The predicted octanol–water partition coefficient (Wildman–Crippen LogP) is 4.31. The van der Waals surface area contributed by atoms with Gasteiger partial charge in [0, 0.05) is 12.8 Å². The highest BCUT2D eigenvalue weighted by Crippen LogP contribution is 2.49. The molecule has 1 aliphatic heterocycles. The third kappa shape index (κ3) is 2.93. The minimum absolute atomic E-state index is 0.00547. The van der Waals surface area contributed by atoms with Crippen LogP contribution in [0.1, 0.15) is 38.5 Å². The van der Waals surface area contributed by atoms with Gasteiger partial charge in [-0.3, -0.25) is 4.74 Å². The summed E-state index contributed by atoms with van der Waals surface area (Å²) in [6, 6.07) is 7.61. The second-order valence-electron chi connectivity index (χ2n) is 5.56. The van der Waals surface area contributed by atoms with Gasteiger partial charge in [-0.05, 0) is 25.0 Å². The van der Waals surface area contributed by atoms with Gasteiger partial charge < -0.3 is 4.74 Å². The molecule has 0 radical (unpaired) electrons. The van der Waals surface area contributed by atoms with Crippen LogP contribution < -0.4 is 4.74 Å². The SMILES string of the molecule is FC(F)(F)C1(Oc2ccccc2)OOC2(CCCCCC2)O1. The summed E-state index contributed by atoms with van der Waals surface area (Å²) in [5.74, 6) is -4.62. The summed E-state index contributed by atoms with van der Waals surface area (Å²) in [6.45, 7) is 0. The molecule has 122 valence electrons. The van der Waals surface area contributed by atoms with Crippen LogP contribution in [0.2, 0.25) is 0 Å². The largest absolute Gasteiger partial charge is 0.489 e. The van der Waals surface area contributed by atoms with Crippen LogP contribution in [0.5, 0.6) is 5.75 Å². The highest BCUT2D eigenvalue weighted by atomic mass is 19.4. The number of ether oxygens (including phenoxy) is 2. The third-order valence-corrected chi connectivity index (χ3v) is 3.83. The fourth-order valence-corrected chi connectivity index (χ4v) is 2.71. The molecule has 1 saturated heterocycles. The van der Waals surface area contributed by atoms with Crippen molar-refractivity contribution in [2.24, 2.45) is 0 Å². The Kier molecular flexibility index (Phi) is 4.05. The van der Waals surface area contributed by atoms with Crippen molar-refractivity contribution in [1.29, 1.82) is 0 Å². The van der Waals surface area contributed by atoms with E-state index in [-0.39, 0.29) is 5.75 Å². The lowest BCUT2D eigenvalue weighted by Gasteiger charge is -2.30. The monoisotopic (exact) mass is 318 g/mol. The number of para-hydroxylation sites is 1. The summed E-state index contributed by atoms with van der Waals surface area (Å²) in [5, 5.41) is 0. The molecular formula is C15H17F3O4. The topological polar surface area (TPSA) is 36.9 Å². The summed E-state index contributed by atoms with van der Waals surface area (Å²) < 4.78 is 50.7. The number of benzene rings is 1. The first kappa shape index (κ1) is 15.6. The van der Waals surface area contributed by atoms with E-state index in [9.17, 15) is 13.2 Å². The molecule has 1 spiro atoms. The van der Waals surface area contributed by atoms with Gasteiger partial charge in [0.2, 0.25) is 5.79 Å². The lowest BCUT2D eigenvalue weighted by Crippen LogP contribution is -2.53. The van der Waals surface area contributed by atoms with Crippen LogP contribution in [0.4, 0.5) is 13.2 Å². The lowest BCUT2D eigenvalue weighted by atomic mass is 10.1. The molecule has 3 rings (SSSR count). The van der Waals surface area contributed by atoms with Gasteiger partial charge in [0.05, 0.1) is 0 Å². The summed E-state index contributed by atoms with van der Waals surface area (Å²) in [7, 11) is 0. The highest BCUT2D eigenvalue weighted by Gasteiger charge is 2.71. The van der Waals surface area contributed by atoms with Gasteiger partial charge in [-0.25, -0.2) is 0 Å². The average molecular weight is 318 g/mol. The maximum atomic E-state index is 13.5. The van der Waals surface area contributed by atoms with Crippen molar-refractivity contribution < 1.29 is 32.4 Å². The van der Waals surface area contributed by atoms with Gasteiger partial charge in [-0.1, -0.05) is 31.0 Å². The fourth-order valence-electron chi connectivity index (χ4n) is 2.71. The third-order valence-electron chi connectivity index (χ3n) is 3.83. The first-order chi connectivity index (χ1) is 10.4. The fraction of sp³-hybridized carbons (Fsp3) is 0.600. The predicted molar refractivity (Wildman–Crippen MR) is 69.5 cm³/mol. The zero-order valence-electron chi connectivity index (χ0n) is 11.9. The van der Waals surface area contributed by atoms with E-state index >= 15 is 0 Å². The second kappa shape index (κ2) is 5.72. The molecule has 0 bridgehead atoms. The maximum Gasteiger partial charge on any atom is 0.489 e. The first-order valence-electron chi connectivity index (χ1n) is 7.33. The Balaban J connectivity index is 1.85. The molecule has 2 fully saturated rings. The molecule has 0 amide bonds. The van der Waals surface area contributed by atoms with Crippen molar-refractivity contribution in [3.8, 4) is 5.75 Å². The van der Waals surface area contributed by atoms with Crippen LogP contribution in [0.15, 0.2) is 30.3 Å². The number of rotatable bonds is 2. The number of alkyl halides is 3. The van der Waals surface area contributed by atoms with Gasteiger partial charge in [-0.2, -0.15) is 18.1 Å². The highest BCUT2D eigenvalue weighted by molar-refractivity contribution is 5.21. The molecule has 1 aromatic carbocycles. The zero-order valence-corrected chi connectivity index (χ0v) is 11.9. The van der Waals surface area contributed by atoms with Crippen LogP contribution in [-0.2, 0) is 14.5 Å². The van der Waals surface area contributed by atoms with E-state index in [1.807, 2.05) is 0 Å². The van der Waals surface area contributed by atoms with Crippen molar-refractivity contribution in [3.05, 3.63) is 30.3 Å². The lowest BCUT2D eigenvalue weighted by molar-refractivity contribution is -0.474. The Labute approximate surface area is 126 Å². The van der Waals surface area contributed by atoms with Gasteiger partial charge in [0.15, 0.2) is 0 Å². The molecule has 1 aromatic rings. The normalized spacial score (nSPS) is 28.5. The molecule has 7 heteroatoms. The van der Waals surface area contributed by atoms with E-state index in [1.54, 1.807) is 18.2 Å². The van der Waals surface area contributed by atoms with Crippen LogP contribution in [0.3, 0.4) is 0 Å². The van der Waals surface area contributed by atoms with E-state index in [4.69, 9.17) is 14.4 Å². The van der Waals surface area contributed by atoms with Gasteiger partial charge >= 0.3 is 12.1 Å². The summed E-state index contributed by atoms with van der Waals surface area (Å²) in [6.07, 6.45) is -0.865. The van der Waals surface area contributed by atoms with Crippen molar-refractivity contribution in [2.45, 2.75) is 56.5 Å². The molecule has 4 nitrogen and oxygen atoms in total. The van der Waals surface area contributed by atoms with Crippen LogP contribution in [-0.4, -0.2) is 17.9 Å². The molecule has 1 atom stereocenters. The summed E-state index contributed by atoms with van der Waals surface area (Å²) in [4.78, 5) is 9.60. The van der Waals surface area contributed by atoms with Crippen molar-refractivity contribution in [2.75, 3.05) is 0 Å². The van der Waals surface area contributed by atoms with E-state index in [1.165, 1.54) is 12.1 Å². The first-order valence-corrected chi connectivity index (χ1v) is 7.33. The molecule has 0 aromatic heterocycles.